The molecule has 0 aliphatic carbocycles. The first kappa shape index (κ1) is 16.1. The lowest BCUT2D eigenvalue weighted by atomic mass is 10.2. The molecule has 2 N–H and O–H groups in total. The maximum Gasteiger partial charge on any atom is 0.387 e. The fraction of sp³-hybridized carbons (Fsp3) is 0.167. The molecule has 1 aromatic carbocycles. The third-order valence-corrected chi connectivity index (χ3v) is 2.68. The summed E-state index contributed by atoms with van der Waals surface area (Å²) in [4.78, 5) is 22.0. The molecule has 0 saturated carbocycles. The van der Waals surface area contributed by atoms with E-state index in [9.17, 15) is 23.7 Å². The quantitative estimate of drug-likeness (QED) is 0.619. The van der Waals surface area contributed by atoms with Crippen molar-refractivity contribution in [2.75, 3.05) is 12.4 Å². The number of halogens is 2. The van der Waals surface area contributed by atoms with Crippen molar-refractivity contribution in [2.24, 2.45) is 0 Å². The van der Waals surface area contributed by atoms with Gasteiger partial charge in [-0.25, -0.2) is 0 Å². The number of amides is 1. The van der Waals surface area contributed by atoms with Gasteiger partial charge in [0.15, 0.2) is 11.5 Å². The molecule has 9 nitrogen and oxygen atoms in total. The summed E-state index contributed by atoms with van der Waals surface area (Å²) in [6, 6.07) is 3.68. The molecule has 23 heavy (non-hydrogen) atoms. The van der Waals surface area contributed by atoms with Crippen molar-refractivity contribution in [3.05, 3.63) is 40.2 Å². The summed E-state index contributed by atoms with van der Waals surface area (Å²) in [6.07, 6.45) is 0.898. The van der Waals surface area contributed by atoms with Crippen LogP contribution in [-0.2, 0) is 0 Å². The van der Waals surface area contributed by atoms with Crippen LogP contribution in [0.3, 0.4) is 0 Å². The summed E-state index contributed by atoms with van der Waals surface area (Å²) in [5.74, 6) is -1.07. The lowest BCUT2D eigenvalue weighted by Gasteiger charge is -2.11. The molecule has 2 rings (SSSR count). The topological polar surface area (TPSA) is 119 Å². The van der Waals surface area contributed by atoms with Gasteiger partial charge in [0.2, 0.25) is 5.69 Å². The zero-order valence-electron chi connectivity index (χ0n) is 11.6. The number of rotatable bonds is 6. The van der Waals surface area contributed by atoms with Crippen molar-refractivity contribution < 1.29 is 28.0 Å². The second kappa shape index (κ2) is 6.68. The number of H-pyrrole nitrogens is 1. The van der Waals surface area contributed by atoms with Crippen LogP contribution in [0.25, 0.3) is 0 Å². The Morgan fingerprint density at radius 3 is 2.78 bits per heavy atom. The second-order valence-corrected chi connectivity index (χ2v) is 4.09. The van der Waals surface area contributed by atoms with Gasteiger partial charge in [0.25, 0.3) is 5.91 Å². The van der Waals surface area contributed by atoms with Gasteiger partial charge in [0.05, 0.1) is 12.0 Å². The normalized spacial score (nSPS) is 10.4. The van der Waals surface area contributed by atoms with Crippen LogP contribution in [0.2, 0.25) is 0 Å². The van der Waals surface area contributed by atoms with E-state index in [1.807, 2.05) is 0 Å². The van der Waals surface area contributed by atoms with E-state index in [-0.39, 0.29) is 22.9 Å². The minimum atomic E-state index is -3.03. The molecule has 0 bridgehead atoms. The summed E-state index contributed by atoms with van der Waals surface area (Å²) in [5.41, 5.74) is -0.675. The van der Waals surface area contributed by atoms with Crippen LogP contribution >= 0.6 is 0 Å². The third kappa shape index (κ3) is 3.70. The Hall–Kier alpha value is -3.24. The van der Waals surface area contributed by atoms with Gasteiger partial charge in [-0.1, -0.05) is 0 Å². The van der Waals surface area contributed by atoms with Gasteiger partial charge in [0, 0.05) is 11.8 Å². The first-order valence-electron chi connectivity index (χ1n) is 6.04. The first-order valence-corrected chi connectivity index (χ1v) is 6.04. The number of alkyl halides is 2. The van der Waals surface area contributed by atoms with E-state index >= 15 is 0 Å². The number of ether oxygens (including phenoxy) is 2. The monoisotopic (exact) mass is 328 g/mol. The van der Waals surface area contributed by atoms with Crippen molar-refractivity contribution >= 4 is 17.3 Å². The predicted molar refractivity (Wildman–Crippen MR) is 72.8 cm³/mol. The molecule has 0 radical (unpaired) electrons. The highest BCUT2D eigenvalue weighted by molar-refractivity contribution is 6.05. The molecule has 1 amide bonds. The molecule has 0 aliphatic rings. The van der Waals surface area contributed by atoms with Crippen molar-refractivity contribution in [1.82, 2.24) is 10.2 Å². The van der Waals surface area contributed by atoms with Gasteiger partial charge in [-0.3, -0.25) is 20.0 Å². The average molecular weight is 328 g/mol. The van der Waals surface area contributed by atoms with Gasteiger partial charge in [0.1, 0.15) is 6.20 Å². The summed E-state index contributed by atoms with van der Waals surface area (Å²) in [7, 11) is 1.24. The number of hydrogen-bond acceptors (Lipinski definition) is 6. The van der Waals surface area contributed by atoms with E-state index in [1.54, 1.807) is 0 Å². The Kier molecular flexibility index (Phi) is 4.69. The number of anilines is 1. The van der Waals surface area contributed by atoms with E-state index < -0.39 is 23.1 Å². The van der Waals surface area contributed by atoms with Crippen LogP contribution < -0.4 is 14.8 Å². The van der Waals surface area contributed by atoms with Crippen LogP contribution in [0, 0.1) is 10.1 Å². The number of carbonyl (C=O) groups is 1. The van der Waals surface area contributed by atoms with E-state index in [1.165, 1.54) is 25.3 Å². The molecule has 1 heterocycles. The lowest BCUT2D eigenvalue weighted by molar-refractivity contribution is -0.385. The lowest BCUT2D eigenvalue weighted by Crippen LogP contribution is -2.14. The number of benzene rings is 1. The number of aromatic nitrogens is 2. The minimum Gasteiger partial charge on any atom is -0.493 e. The smallest absolute Gasteiger partial charge is 0.387 e. The van der Waals surface area contributed by atoms with Crippen molar-refractivity contribution in [3.8, 4) is 11.5 Å². The number of nitro groups is 1. The molecule has 11 heteroatoms. The molecular formula is C12H10F2N4O5. The summed E-state index contributed by atoms with van der Waals surface area (Å²) in [6.45, 7) is -3.03. The van der Waals surface area contributed by atoms with Gasteiger partial charge in [-0.15, -0.1) is 0 Å². The third-order valence-electron chi connectivity index (χ3n) is 2.68. The zero-order valence-corrected chi connectivity index (χ0v) is 11.6. The number of aromatic amines is 1. The van der Waals surface area contributed by atoms with Crippen LogP contribution in [0.1, 0.15) is 10.5 Å². The summed E-state index contributed by atoms with van der Waals surface area (Å²) < 4.78 is 33.6. The van der Waals surface area contributed by atoms with Crippen molar-refractivity contribution in [1.29, 1.82) is 0 Å². The van der Waals surface area contributed by atoms with E-state index in [2.05, 4.69) is 20.3 Å². The Morgan fingerprint density at radius 1 is 1.43 bits per heavy atom. The second-order valence-electron chi connectivity index (χ2n) is 4.09. The molecule has 0 fully saturated rings. The van der Waals surface area contributed by atoms with Gasteiger partial charge in [-0.2, -0.15) is 13.9 Å². The van der Waals surface area contributed by atoms with E-state index in [0.29, 0.717) is 0 Å². The number of hydrogen-bond donors (Lipinski definition) is 2. The Bertz CT molecular complexity index is 734. The largest absolute Gasteiger partial charge is 0.493 e. The molecule has 0 aliphatic heterocycles. The number of methoxy groups -OCH3 is 1. The minimum absolute atomic E-state index is 0.0396. The Balaban J connectivity index is 2.21. The highest BCUT2D eigenvalue weighted by Gasteiger charge is 2.23. The van der Waals surface area contributed by atoms with Crippen LogP contribution in [0.5, 0.6) is 11.5 Å². The molecule has 0 atom stereocenters. The highest BCUT2D eigenvalue weighted by atomic mass is 19.3. The molecular weight excluding hydrogens is 318 g/mol. The van der Waals surface area contributed by atoms with Crippen LogP contribution in [-0.4, -0.2) is 34.7 Å². The van der Waals surface area contributed by atoms with Crippen molar-refractivity contribution in [2.45, 2.75) is 6.61 Å². The summed E-state index contributed by atoms with van der Waals surface area (Å²) >= 11 is 0. The van der Waals surface area contributed by atoms with Gasteiger partial charge in [-0.05, 0) is 12.1 Å². The first-order chi connectivity index (χ1) is 10.9. The van der Waals surface area contributed by atoms with Crippen molar-refractivity contribution in [3.63, 3.8) is 0 Å². The van der Waals surface area contributed by atoms with Crippen LogP contribution in [0.15, 0.2) is 24.4 Å². The van der Waals surface area contributed by atoms with E-state index in [4.69, 9.17) is 4.74 Å². The fourth-order valence-electron chi connectivity index (χ4n) is 1.72. The molecule has 2 aromatic rings. The Labute approximate surface area is 127 Å². The number of carbonyl (C=O) groups excluding carboxylic acids is 1. The maximum atomic E-state index is 12.2. The van der Waals surface area contributed by atoms with E-state index in [0.717, 1.165) is 6.20 Å². The molecule has 0 unspecified atom stereocenters. The Morgan fingerprint density at radius 2 is 2.17 bits per heavy atom. The molecule has 0 saturated heterocycles. The predicted octanol–water partition coefficient (Wildman–Crippen LogP) is 2.18. The SMILES string of the molecule is COc1cc(NC(=O)c2[nH]ncc2[N+](=O)[O-])ccc1OC(F)F. The highest BCUT2D eigenvalue weighted by Crippen LogP contribution is 2.31. The van der Waals surface area contributed by atoms with Gasteiger partial charge >= 0.3 is 12.3 Å². The molecule has 1 aromatic heterocycles. The van der Waals surface area contributed by atoms with Crippen LogP contribution in [0.4, 0.5) is 20.2 Å². The number of nitrogens with zero attached hydrogens (tertiary/aromatic N) is 2. The molecule has 122 valence electrons. The zero-order chi connectivity index (χ0) is 17.0. The average Bonchev–Trinajstić information content (AvgIpc) is 2.98. The molecule has 0 spiro atoms. The summed E-state index contributed by atoms with van der Waals surface area (Å²) in [5, 5.41) is 18.7. The number of nitrogens with one attached hydrogen (secondary N) is 2. The fourth-order valence-corrected chi connectivity index (χ4v) is 1.72. The van der Waals surface area contributed by atoms with Gasteiger partial charge < -0.3 is 14.8 Å². The maximum absolute atomic E-state index is 12.2. The standard InChI is InChI=1S/C12H10F2N4O5/c1-22-9-4-6(2-3-8(9)23-12(13)14)16-11(19)10-7(18(20)21)5-15-17-10/h2-5,12H,1H3,(H,15,17)(H,16,19).